The summed E-state index contributed by atoms with van der Waals surface area (Å²) in [5.74, 6) is 0.652. The maximum atomic E-state index is 13.0. The highest BCUT2D eigenvalue weighted by Crippen LogP contribution is 2.35. The minimum atomic E-state index is -0.506. The van der Waals surface area contributed by atoms with Gasteiger partial charge < -0.3 is 19.5 Å². The molecule has 3 rings (SSSR count). The molecule has 0 spiro atoms. The van der Waals surface area contributed by atoms with E-state index in [9.17, 15) is 4.79 Å². The van der Waals surface area contributed by atoms with Crippen LogP contribution in [0.25, 0.3) is 0 Å². The fourth-order valence-corrected chi connectivity index (χ4v) is 3.45. The smallest absolute Gasteiger partial charge is 0.341 e. The number of hydrogen-bond acceptors (Lipinski definition) is 5. The second kappa shape index (κ2) is 9.43. The molecule has 1 aliphatic heterocycles. The fourth-order valence-electron chi connectivity index (χ4n) is 3.15. The molecule has 1 N–H and O–H groups in total. The summed E-state index contributed by atoms with van der Waals surface area (Å²) >= 11 is 5.65. The van der Waals surface area contributed by atoms with E-state index in [1.54, 1.807) is 18.9 Å². The van der Waals surface area contributed by atoms with E-state index in [-0.39, 0.29) is 6.61 Å². The molecule has 0 saturated heterocycles. The van der Waals surface area contributed by atoms with Crippen LogP contribution in [0.3, 0.4) is 0 Å². The minimum absolute atomic E-state index is 0.257. The van der Waals surface area contributed by atoms with Crippen LogP contribution < -0.4 is 15.0 Å². The summed E-state index contributed by atoms with van der Waals surface area (Å²) in [5, 5.41) is 3.71. The molecular formula is C22H24N2O4S. The lowest BCUT2D eigenvalue weighted by atomic mass is 9.96. The quantitative estimate of drug-likeness (QED) is 0.546. The van der Waals surface area contributed by atoms with Crippen molar-refractivity contribution in [3.63, 3.8) is 0 Å². The van der Waals surface area contributed by atoms with Gasteiger partial charge in [0.2, 0.25) is 5.88 Å². The number of thiocarbonyl (C=S) groups is 1. The summed E-state index contributed by atoms with van der Waals surface area (Å²) in [4.78, 5) is 14.7. The van der Waals surface area contributed by atoms with Crippen LogP contribution in [-0.4, -0.2) is 31.4 Å². The largest absolute Gasteiger partial charge is 0.497 e. The van der Waals surface area contributed by atoms with E-state index in [1.165, 1.54) is 0 Å². The van der Waals surface area contributed by atoms with Crippen LogP contribution >= 0.6 is 12.2 Å². The average Bonchev–Trinajstić information content (AvgIpc) is 2.74. The Morgan fingerprint density at radius 1 is 1.07 bits per heavy atom. The van der Waals surface area contributed by atoms with Crippen LogP contribution in [0.1, 0.15) is 25.5 Å². The molecule has 1 aliphatic rings. The summed E-state index contributed by atoms with van der Waals surface area (Å²) in [6, 6.07) is 16.5. The predicted molar refractivity (Wildman–Crippen MR) is 116 cm³/mol. The maximum absolute atomic E-state index is 13.0. The Morgan fingerprint density at radius 3 is 2.34 bits per heavy atom. The van der Waals surface area contributed by atoms with E-state index in [4.69, 9.17) is 26.4 Å². The van der Waals surface area contributed by atoms with E-state index in [1.807, 2.05) is 61.5 Å². The summed E-state index contributed by atoms with van der Waals surface area (Å²) in [6.45, 7) is 4.27. The molecule has 0 bridgehead atoms. The maximum Gasteiger partial charge on any atom is 0.341 e. The molecule has 0 fully saturated rings. The monoisotopic (exact) mass is 412 g/mol. The first-order valence-electron chi connectivity index (χ1n) is 9.44. The van der Waals surface area contributed by atoms with Crippen molar-refractivity contribution in [1.29, 1.82) is 0 Å². The zero-order valence-corrected chi connectivity index (χ0v) is 17.5. The van der Waals surface area contributed by atoms with Gasteiger partial charge in [0, 0.05) is 0 Å². The number of para-hydroxylation sites is 1. The molecule has 0 amide bonds. The van der Waals surface area contributed by atoms with Gasteiger partial charge in [-0.05, 0) is 55.9 Å². The molecule has 2 aromatic carbocycles. The molecule has 152 valence electrons. The standard InChI is InChI=1S/C22H24N2O4S/c1-4-27-20-18(21(25)28-5-2)19(15-11-13-17(26-3)14-12-15)23-22(29)24(20)16-9-7-6-8-10-16/h6-14,19H,4-5H2,1-3H3,(H,23,29). The topological polar surface area (TPSA) is 60.0 Å². The molecule has 29 heavy (non-hydrogen) atoms. The Kier molecular flexibility index (Phi) is 6.72. The fraction of sp³-hybridized carbons (Fsp3) is 0.273. The molecule has 7 heteroatoms. The normalized spacial score (nSPS) is 16.3. The van der Waals surface area contributed by atoms with Gasteiger partial charge in [0.15, 0.2) is 5.11 Å². The molecule has 1 atom stereocenters. The van der Waals surface area contributed by atoms with Crippen molar-refractivity contribution < 1.29 is 19.0 Å². The van der Waals surface area contributed by atoms with Gasteiger partial charge in [-0.15, -0.1) is 0 Å². The van der Waals surface area contributed by atoms with Crippen molar-refractivity contribution in [2.45, 2.75) is 19.9 Å². The summed E-state index contributed by atoms with van der Waals surface area (Å²) in [7, 11) is 1.61. The second-order valence-corrected chi connectivity index (χ2v) is 6.59. The van der Waals surface area contributed by atoms with Crippen LogP contribution in [-0.2, 0) is 14.3 Å². The molecule has 1 unspecified atom stereocenters. The van der Waals surface area contributed by atoms with Crippen molar-refractivity contribution in [2.24, 2.45) is 0 Å². The number of carbonyl (C=O) groups is 1. The highest BCUT2D eigenvalue weighted by atomic mass is 32.1. The Balaban J connectivity index is 2.16. The Hall–Kier alpha value is -3.06. The molecule has 0 aromatic heterocycles. The van der Waals surface area contributed by atoms with Crippen LogP contribution in [0.4, 0.5) is 5.69 Å². The molecule has 1 heterocycles. The summed E-state index contributed by atoms with van der Waals surface area (Å²) in [6.07, 6.45) is 0. The Bertz CT molecular complexity index is 897. The lowest BCUT2D eigenvalue weighted by Gasteiger charge is -2.37. The zero-order chi connectivity index (χ0) is 20.8. The summed E-state index contributed by atoms with van der Waals surface area (Å²) < 4.78 is 16.6. The van der Waals surface area contributed by atoms with E-state index >= 15 is 0 Å². The molecule has 6 nitrogen and oxygen atoms in total. The number of ether oxygens (including phenoxy) is 3. The van der Waals surface area contributed by atoms with E-state index in [0.717, 1.165) is 17.0 Å². The second-order valence-electron chi connectivity index (χ2n) is 6.20. The number of benzene rings is 2. The average molecular weight is 413 g/mol. The SMILES string of the molecule is CCOC(=O)C1=C(OCC)N(c2ccccc2)C(=S)NC1c1ccc(OC)cc1. The Labute approximate surface area is 176 Å². The van der Waals surface area contributed by atoms with Gasteiger partial charge in [0.05, 0.1) is 32.1 Å². The van der Waals surface area contributed by atoms with Gasteiger partial charge in [0.25, 0.3) is 0 Å². The van der Waals surface area contributed by atoms with Crippen LogP contribution in [0.2, 0.25) is 0 Å². The van der Waals surface area contributed by atoms with Crippen molar-refractivity contribution in [3.8, 4) is 5.75 Å². The van der Waals surface area contributed by atoms with Crippen molar-refractivity contribution in [2.75, 3.05) is 25.2 Å². The van der Waals surface area contributed by atoms with Crippen LogP contribution in [0.5, 0.6) is 5.75 Å². The first kappa shape index (κ1) is 20.7. The number of anilines is 1. The van der Waals surface area contributed by atoms with E-state index in [2.05, 4.69) is 5.32 Å². The lowest BCUT2D eigenvalue weighted by molar-refractivity contribution is -0.139. The van der Waals surface area contributed by atoms with Crippen molar-refractivity contribution in [1.82, 2.24) is 5.32 Å². The third kappa shape index (κ3) is 4.35. The first-order chi connectivity index (χ1) is 14.1. The van der Waals surface area contributed by atoms with Gasteiger partial charge in [-0.1, -0.05) is 30.3 Å². The minimum Gasteiger partial charge on any atom is -0.497 e. The molecule has 2 aromatic rings. The van der Waals surface area contributed by atoms with Gasteiger partial charge in [0.1, 0.15) is 11.3 Å². The highest BCUT2D eigenvalue weighted by molar-refractivity contribution is 7.80. The van der Waals surface area contributed by atoms with E-state index < -0.39 is 12.0 Å². The number of nitrogens with zero attached hydrogens (tertiary/aromatic N) is 1. The van der Waals surface area contributed by atoms with Crippen molar-refractivity contribution >= 4 is 29.0 Å². The molecule has 0 radical (unpaired) electrons. The molecule has 0 saturated carbocycles. The van der Waals surface area contributed by atoms with Crippen molar-refractivity contribution in [3.05, 3.63) is 71.6 Å². The first-order valence-corrected chi connectivity index (χ1v) is 9.85. The summed E-state index contributed by atoms with van der Waals surface area (Å²) in [5.41, 5.74) is 2.01. The van der Waals surface area contributed by atoms with Crippen LogP contribution in [0, 0.1) is 0 Å². The van der Waals surface area contributed by atoms with E-state index in [0.29, 0.717) is 23.2 Å². The number of hydrogen-bond donors (Lipinski definition) is 1. The van der Waals surface area contributed by atoms with Gasteiger partial charge >= 0.3 is 5.97 Å². The molecular weight excluding hydrogens is 388 g/mol. The van der Waals surface area contributed by atoms with Gasteiger partial charge in [-0.25, -0.2) is 4.79 Å². The van der Waals surface area contributed by atoms with Gasteiger partial charge in [-0.3, -0.25) is 4.90 Å². The van der Waals surface area contributed by atoms with Crippen LogP contribution in [0.15, 0.2) is 66.1 Å². The Morgan fingerprint density at radius 2 is 1.76 bits per heavy atom. The zero-order valence-electron chi connectivity index (χ0n) is 16.7. The number of carbonyl (C=O) groups excluding carboxylic acids is 1. The van der Waals surface area contributed by atoms with Gasteiger partial charge in [-0.2, -0.15) is 0 Å². The number of esters is 1. The number of rotatable bonds is 7. The third-order valence-corrected chi connectivity index (χ3v) is 4.73. The molecule has 0 aliphatic carbocycles. The highest BCUT2D eigenvalue weighted by Gasteiger charge is 2.38. The predicted octanol–water partition coefficient (Wildman–Crippen LogP) is 3.94. The third-order valence-electron chi connectivity index (χ3n) is 4.43. The number of nitrogens with one attached hydrogen (secondary N) is 1. The lowest BCUT2D eigenvalue weighted by Crippen LogP contribution is -2.49. The number of methoxy groups -OCH3 is 1.